The molecule has 1 amide bonds. The molecule has 0 bridgehead atoms. The average Bonchev–Trinajstić information content (AvgIpc) is 2.78. The van der Waals surface area contributed by atoms with E-state index in [2.05, 4.69) is 15.3 Å². The number of nitrogens with one attached hydrogen (secondary N) is 1. The zero-order valence-electron chi connectivity index (χ0n) is 21.1. The summed E-state index contributed by atoms with van der Waals surface area (Å²) >= 11 is 17.4. The highest BCUT2D eigenvalue weighted by atomic mass is 35.5. The number of hydrogen-bond acceptors (Lipinski definition) is 9. The number of carbonyl (C=O) groups is 3. The molecule has 0 atom stereocenters. The van der Waals surface area contributed by atoms with Crippen molar-refractivity contribution in [2.45, 2.75) is 46.3 Å². The zero-order valence-corrected chi connectivity index (χ0v) is 23.4. The SMILES string of the molecule is CCOC(=O)c1cnc(Cl)c(Cl)c1.CCOC(=O)c1cnc(N2CC(NC(=O)OC(C)(C)C)C2)c(Cl)c1. The van der Waals surface area contributed by atoms with Gasteiger partial charge in [-0.3, -0.25) is 0 Å². The minimum atomic E-state index is -0.526. The Morgan fingerprint density at radius 1 is 0.946 bits per heavy atom. The fourth-order valence-electron chi connectivity index (χ4n) is 2.95. The molecular formula is C24H29Cl3N4O6. The summed E-state index contributed by atoms with van der Waals surface area (Å²) in [5.41, 5.74) is 0.0900. The summed E-state index contributed by atoms with van der Waals surface area (Å²) in [6, 6.07) is 2.94. The molecule has 0 saturated carbocycles. The highest BCUT2D eigenvalue weighted by Gasteiger charge is 2.32. The van der Waals surface area contributed by atoms with E-state index in [1.807, 2.05) is 25.7 Å². The number of rotatable bonds is 6. The van der Waals surface area contributed by atoms with Gasteiger partial charge in [0.2, 0.25) is 0 Å². The monoisotopic (exact) mass is 574 g/mol. The topological polar surface area (TPSA) is 120 Å². The number of ether oxygens (including phenoxy) is 3. The summed E-state index contributed by atoms with van der Waals surface area (Å²) in [6.45, 7) is 10.7. The maximum absolute atomic E-state index is 11.7. The third kappa shape index (κ3) is 9.53. The molecule has 3 heterocycles. The van der Waals surface area contributed by atoms with Crippen molar-refractivity contribution >= 4 is 58.7 Å². The predicted molar refractivity (Wildman–Crippen MR) is 141 cm³/mol. The first kappa shape index (κ1) is 30.4. The van der Waals surface area contributed by atoms with Crippen LogP contribution in [-0.2, 0) is 14.2 Å². The number of carbonyl (C=O) groups excluding carboxylic acids is 3. The fraction of sp³-hybridized carbons (Fsp3) is 0.458. The molecule has 13 heteroatoms. The average molecular weight is 576 g/mol. The van der Waals surface area contributed by atoms with Crippen molar-refractivity contribution in [2.24, 2.45) is 0 Å². The van der Waals surface area contributed by atoms with Gasteiger partial charge in [0.05, 0.1) is 40.4 Å². The van der Waals surface area contributed by atoms with E-state index < -0.39 is 23.6 Å². The van der Waals surface area contributed by atoms with Crippen LogP contribution >= 0.6 is 34.8 Å². The summed E-state index contributed by atoms with van der Waals surface area (Å²) in [4.78, 5) is 44.4. The van der Waals surface area contributed by atoms with Crippen LogP contribution in [0.25, 0.3) is 0 Å². The van der Waals surface area contributed by atoms with Crippen molar-refractivity contribution in [3.8, 4) is 0 Å². The first-order valence-electron chi connectivity index (χ1n) is 11.4. The highest BCUT2D eigenvalue weighted by Crippen LogP contribution is 2.28. The Hall–Kier alpha value is -2.82. The molecule has 0 aliphatic carbocycles. The molecule has 0 spiro atoms. The van der Waals surface area contributed by atoms with Gasteiger partial charge in [0.25, 0.3) is 0 Å². The number of hydrogen-bond donors (Lipinski definition) is 1. The lowest BCUT2D eigenvalue weighted by Gasteiger charge is -2.40. The number of nitrogens with zero attached hydrogens (tertiary/aromatic N) is 3. The predicted octanol–water partition coefficient (Wildman–Crippen LogP) is 5.19. The smallest absolute Gasteiger partial charge is 0.407 e. The van der Waals surface area contributed by atoms with Gasteiger partial charge in [0.1, 0.15) is 16.6 Å². The molecule has 0 aromatic carbocycles. The summed E-state index contributed by atoms with van der Waals surface area (Å²) in [5.74, 6) is -0.327. The Kier molecular flexibility index (Phi) is 11.2. The van der Waals surface area contributed by atoms with Crippen molar-refractivity contribution in [2.75, 3.05) is 31.2 Å². The van der Waals surface area contributed by atoms with Crippen LogP contribution in [-0.4, -0.2) is 65.9 Å². The zero-order chi connectivity index (χ0) is 27.8. The Morgan fingerprint density at radius 2 is 1.46 bits per heavy atom. The second kappa shape index (κ2) is 13.6. The van der Waals surface area contributed by atoms with Gasteiger partial charge < -0.3 is 24.4 Å². The molecule has 0 radical (unpaired) electrons. The number of esters is 2. The van der Waals surface area contributed by atoms with Gasteiger partial charge in [0.15, 0.2) is 0 Å². The van der Waals surface area contributed by atoms with Gasteiger partial charge in [0, 0.05) is 25.5 Å². The molecule has 2 aromatic heterocycles. The lowest BCUT2D eigenvalue weighted by Crippen LogP contribution is -2.60. The third-order valence-electron chi connectivity index (χ3n) is 4.54. The second-order valence-electron chi connectivity index (χ2n) is 8.72. The number of aromatic nitrogens is 2. The van der Waals surface area contributed by atoms with E-state index >= 15 is 0 Å². The molecule has 1 aliphatic heterocycles. The molecule has 2 aromatic rings. The number of alkyl carbamates (subject to hydrolysis) is 1. The van der Waals surface area contributed by atoms with E-state index in [0.717, 1.165) is 0 Å². The summed E-state index contributed by atoms with van der Waals surface area (Å²) in [5, 5.41) is 3.58. The van der Waals surface area contributed by atoms with Crippen molar-refractivity contribution < 1.29 is 28.6 Å². The van der Waals surface area contributed by atoms with Crippen LogP contribution in [0.5, 0.6) is 0 Å². The van der Waals surface area contributed by atoms with E-state index in [4.69, 9.17) is 49.0 Å². The summed E-state index contributed by atoms with van der Waals surface area (Å²) < 4.78 is 14.9. The quantitative estimate of drug-likeness (QED) is 0.282. The Morgan fingerprint density at radius 3 is 1.92 bits per heavy atom. The number of halogens is 3. The molecule has 3 rings (SSSR count). The molecule has 0 unspecified atom stereocenters. The third-order valence-corrected chi connectivity index (χ3v) is 5.51. The molecule has 1 saturated heterocycles. The highest BCUT2D eigenvalue weighted by molar-refractivity contribution is 6.41. The van der Waals surface area contributed by atoms with Gasteiger partial charge in [-0.1, -0.05) is 34.8 Å². The van der Waals surface area contributed by atoms with E-state index in [1.165, 1.54) is 24.5 Å². The standard InChI is InChI=1S/C16H22ClN3O4.C8H7Cl2NO2/c1-5-23-14(21)10-6-12(17)13(18-7-10)20-8-11(9-20)19-15(22)24-16(2,3)4;1-2-13-8(12)5-3-6(9)7(10)11-4-5/h6-7,11H,5,8-9H2,1-4H3,(H,19,22);3-4H,2H2,1H3. The number of pyridine rings is 2. The summed E-state index contributed by atoms with van der Waals surface area (Å²) in [6.07, 6.45) is 2.32. The van der Waals surface area contributed by atoms with Crippen LogP contribution in [0.4, 0.5) is 10.6 Å². The van der Waals surface area contributed by atoms with Crippen molar-refractivity contribution in [3.63, 3.8) is 0 Å². The van der Waals surface area contributed by atoms with Gasteiger partial charge in [-0.25, -0.2) is 24.4 Å². The van der Waals surface area contributed by atoms with Crippen LogP contribution in [0.15, 0.2) is 24.5 Å². The van der Waals surface area contributed by atoms with E-state index in [-0.39, 0.29) is 16.2 Å². The largest absolute Gasteiger partial charge is 0.462 e. The molecule has 1 fully saturated rings. The summed E-state index contributed by atoms with van der Waals surface area (Å²) in [7, 11) is 0. The van der Waals surface area contributed by atoms with Crippen LogP contribution in [0, 0.1) is 0 Å². The number of anilines is 1. The second-order valence-corrected chi connectivity index (χ2v) is 9.89. The minimum absolute atomic E-state index is 0.0255. The van der Waals surface area contributed by atoms with Crippen molar-refractivity contribution in [1.82, 2.24) is 15.3 Å². The molecule has 10 nitrogen and oxygen atoms in total. The first-order chi connectivity index (χ1) is 17.3. The maximum Gasteiger partial charge on any atom is 0.407 e. The lowest BCUT2D eigenvalue weighted by atomic mass is 10.1. The Labute approximate surface area is 230 Å². The first-order valence-corrected chi connectivity index (χ1v) is 12.5. The molecule has 1 aliphatic rings. The maximum atomic E-state index is 11.7. The number of amides is 1. The Balaban J connectivity index is 0.000000312. The van der Waals surface area contributed by atoms with Crippen LogP contribution in [0.2, 0.25) is 15.2 Å². The van der Waals surface area contributed by atoms with Gasteiger partial charge in [-0.2, -0.15) is 0 Å². The van der Waals surface area contributed by atoms with E-state index in [0.29, 0.717) is 48.3 Å². The van der Waals surface area contributed by atoms with Gasteiger partial charge in [-0.15, -0.1) is 0 Å². The Bertz CT molecular complexity index is 1120. The van der Waals surface area contributed by atoms with Crippen molar-refractivity contribution in [3.05, 3.63) is 50.9 Å². The van der Waals surface area contributed by atoms with Crippen LogP contribution < -0.4 is 10.2 Å². The molecule has 202 valence electrons. The molecular weight excluding hydrogens is 547 g/mol. The minimum Gasteiger partial charge on any atom is -0.462 e. The molecule has 37 heavy (non-hydrogen) atoms. The van der Waals surface area contributed by atoms with Crippen LogP contribution in [0.3, 0.4) is 0 Å². The lowest BCUT2D eigenvalue weighted by molar-refractivity contribution is 0.0490. The normalized spacial score (nSPS) is 13.0. The van der Waals surface area contributed by atoms with E-state index in [1.54, 1.807) is 13.8 Å². The van der Waals surface area contributed by atoms with Crippen LogP contribution in [0.1, 0.15) is 55.3 Å². The van der Waals surface area contributed by atoms with Gasteiger partial charge >= 0.3 is 18.0 Å². The fourth-order valence-corrected chi connectivity index (χ4v) is 3.51. The van der Waals surface area contributed by atoms with Gasteiger partial charge in [-0.05, 0) is 46.8 Å². The van der Waals surface area contributed by atoms with Crippen molar-refractivity contribution in [1.29, 1.82) is 0 Å². The van der Waals surface area contributed by atoms with E-state index in [9.17, 15) is 14.4 Å². The molecule has 1 N–H and O–H groups in total.